The number of fused-ring (bicyclic) bond motifs is 1. The summed E-state index contributed by atoms with van der Waals surface area (Å²) >= 11 is 0. The third-order valence-electron chi connectivity index (χ3n) is 4.71. The van der Waals surface area contributed by atoms with E-state index >= 15 is 0 Å². The molecule has 0 radical (unpaired) electrons. The number of alkyl halides is 3. The van der Waals surface area contributed by atoms with Gasteiger partial charge < -0.3 is 9.84 Å². The molecular formula is C16H19F3O2. The van der Waals surface area contributed by atoms with Gasteiger partial charge >= 0.3 is 6.18 Å². The Bertz CT molecular complexity index is 513. The lowest BCUT2D eigenvalue weighted by Crippen LogP contribution is -2.36. The predicted molar refractivity (Wildman–Crippen MR) is 72.1 cm³/mol. The summed E-state index contributed by atoms with van der Waals surface area (Å²) in [5.41, 5.74) is 1.50. The van der Waals surface area contributed by atoms with Crippen LogP contribution in [0.15, 0.2) is 18.2 Å². The van der Waals surface area contributed by atoms with Crippen molar-refractivity contribution in [3.8, 4) is 5.75 Å². The highest BCUT2D eigenvalue weighted by molar-refractivity contribution is 5.45. The maximum Gasteiger partial charge on any atom is 0.392 e. The van der Waals surface area contributed by atoms with Crippen molar-refractivity contribution in [2.75, 3.05) is 6.61 Å². The zero-order valence-corrected chi connectivity index (χ0v) is 11.7. The Morgan fingerprint density at radius 1 is 1.19 bits per heavy atom. The lowest BCUT2D eigenvalue weighted by Gasteiger charge is -2.36. The Hall–Kier alpha value is -1.23. The van der Waals surface area contributed by atoms with Crippen LogP contribution in [0.4, 0.5) is 13.2 Å². The van der Waals surface area contributed by atoms with Gasteiger partial charge in [-0.15, -0.1) is 0 Å². The average molecular weight is 300 g/mol. The number of ether oxygens (including phenoxy) is 1. The van der Waals surface area contributed by atoms with Gasteiger partial charge in [0.05, 0.1) is 18.6 Å². The minimum Gasteiger partial charge on any atom is -0.493 e. The van der Waals surface area contributed by atoms with Gasteiger partial charge in [0.1, 0.15) is 5.75 Å². The topological polar surface area (TPSA) is 29.5 Å². The molecule has 0 bridgehead atoms. The molecule has 1 aromatic carbocycles. The third-order valence-corrected chi connectivity index (χ3v) is 4.71. The van der Waals surface area contributed by atoms with Crippen LogP contribution >= 0.6 is 0 Å². The minimum atomic E-state index is -4.25. The highest BCUT2D eigenvalue weighted by Gasteiger charge is 2.48. The largest absolute Gasteiger partial charge is 0.493 e. The molecular weight excluding hydrogens is 281 g/mol. The lowest BCUT2D eigenvalue weighted by atomic mass is 9.74. The number of hydrogen-bond acceptors (Lipinski definition) is 2. The number of benzene rings is 1. The van der Waals surface area contributed by atoms with Crippen LogP contribution in [0.3, 0.4) is 0 Å². The molecule has 1 aliphatic carbocycles. The first-order valence-electron chi connectivity index (χ1n) is 7.48. The van der Waals surface area contributed by atoms with E-state index in [1.807, 2.05) is 6.07 Å². The molecule has 3 unspecified atom stereocenters. The van der Waals surface area contributed by atoms with Crippen molar-refractivity contribution in [2.45, 2.75) is 44.4 Å². The summed E-state index contributed by atoms with van der Waals surface area (Å²) in [6, 6.07) is 5.38. The van der Waals surface area contributed by atoms with Crippen LogP contribution in [-0.4, -0.2) is 17.9 Å². The maximum atomic E-state index is 13.2. The van der Waals surface area contributed by atoms with Gasteiger partial charge in [0, 0.05) is 17.9 Å². The van der Waals surface area contributed by atoms with Crippen molar-refractivity contribution in [3.63, 3.8) is 0 Å². The number of para-hydroxylation sites is 1. The van der Waals surface area contributed by atoms with Gasteiger partial charge in [0.15, 0.2) is 0 Å². The molecule has 1 aliphatic heterocycles. The molecule has 2 nitrogen and oxygen atoms in total. The Kier molecular flexibility index (Phi) is 3.86. The zero-order valence-electron chi connectivity index (χ0n) is 11.7. The number of aliphatic hydroxyl groups excluding tert-OH is 1. The molecule has 5 heteroatoms. The predicted octanol–water partition coefficient (Wildman–Crippen LogP) is 4.02. The average Bonchev–Trinajstić information content (AvgIpc) is 2.94. The quantitative estimate of drug-likeness (QED) is 0.893. The maximum absolute atomic E-state index is 13.2. The van der Waals surface area contributed by atoms with E-state index in [0.717, 1.165) is 18.4 Å². The minimum absolute atomic E-state index is 0.112. The monoisotopic (exact) mass is 300 g/mol. The molecule has 116 valence electrons. The van der Waals surface area contributed by atoms with Crippen LogP contribution in [0.1, 0.15) is 42.9 Å². The van der Waals surface area contributed by atoms with Gasteiger partial charge in [0.25, 0.3) is 0 Å². The lowest BCUT2D eigenvalue weighted by molar-refractivity contribution is -0.207. The molecule has 0 spiro atoms. The van der Waals surface area contributed by atoms with Crippen LogP contribution in [0, 0.1) is 11.8 Å². The molecule has 1 N–H and O–H groups in total. The number of halogens is 3. The Labute approximate surface area is 121 Å². The van der Waals surface area contributed by atoms with Gasteiger partial charge in [-0.25, -0.2) is 0 Å². The smallest absolute Gasteiger partial charge is 0.392 e. The molecule has 3 rings (SSSR count). The van der Waals surface area contributed by atoms with Crippen molar-refractivity contribution in [3.05, 3.63) is 29.3 Å². The van der Waals surface area contributed by atoms with Gasteiger partial charge in [0.2, 0.25) is 0 Å². The van der Waals surface area contributed by atoms with Crippen LogP contribution in [-0.2, 0) is 6.42 Å². The molecule has 1 fully saturated rings. The molecule has 1 heterocycles. The van der Waals surface area contributed by atoms with E-state index in [9.17, 15) is 18.3 Å². The first kappa shape index (κ1) is 14.7. The molecule has 0 amide bonds. The van der Waals surface area contributed by atoms with E-state index in [0.29, 0.717) is 30.8 Å². The second kappa shape index (κ2) is 5.52. The fourth-order valence-electron chi connectivity index (χ4n) is 3.65. The van der Waals surface area contributed by atoms with Crippen LogP contribution in [0.25, 0.3) is 0 Å². The second-order valence-corrected chi connectivity index (χ2v) is 5.98. The molecule has 0 aromatic heterocycles. The van der Waals surface area contributed by atoms with E-state index in [1.54, 1.807) is 12.1 Å². The van der Waals surface area contributed by atoms with Crippen LogP contribution < -0.4 is 4.74 Å². The first-order valence-corrected chi connectivity index (χ1v) is 7.48. The van der Waals surface area contributed by atoms with Crippen molar-refractivity contribution >= 4 is 0 Å². The van der Waals surface area contributed by atoms with Crippen molar-refractivity contribution in [2.24, 2.45) is 11.8 Å². The standard InChI is InChI=1S/C16H19F3O2/c17-16(18,19)13-7-2-1-5-11(13)14(20)12-6-3-4-10-8-9-21-15(10)12/h3-4,6,11,13-14,20H,1-2,5,7-9H2. The summed E-state index contributed by atoms with van der Waals surface area (Å²) in [6.07, 6.45) is -2.75. The van der Waals surface area contributed by atoms with E-state index in [-0.39, 0.29) is 6.42 Å². The molecule has 1 aromatic rings. The second-order valence-electron chi connectivity index (χ2n) is 5.98. The van der Waals surface area contributed by atoms with Crippen molar-refractivity contribution in [1.29, 1.82) is 0 Å². The normalized spacial score (nSPS) is 27.0. The van der Waals surface area contributed by atoms with E-state index < -0.39 is 24.1 Å². The van der Waals surface area contributed by atoms with Gasteiger partial charge in [-0.05, 0) is 18.4 Å². The van der Waals surface area contributed by atoms with Gasteiger partial charge in [-0.2, -0.15) is 13.2 Å². The summed E-state index contributed by atoms with van der Waals surface area (Å²) in [4.78, 5) is 0. The summed E-state index contributed by atoms with van der Waals surface area (Å²) in [5, 5.41) is 10.6. The van der Waals surface area contributed by atoms with Crippen molar-refractivity contribution in [1.82, 2.24) is 0 Å². The Balaban J connectivity index is 1.90. The number of rotatable bonds is 2. The summed E-state index contributed by atoms with van der Waals surface area (Å²) < 4.78 is 45.1. The number of hydrogen-bond donors (Lipinski definition) is 1. The number of aliphatic hydroxyl groups is 1. The molecule has 0 saturated heterocycles. The van der Waals surface area contributed by atoms with Gasteiger partial charge in [-0.1, -0.05) is 31.0 Å². The summed E-state index contributed by atoms with van der Waals surface area (Å²) in [5.74, 6) is -1.59. The van der Waals surface area contributed by atoms with Crippen LogP contribution in [0.2, 0.25) is 0 Å². The molecule has 1 saturated carbocycles. The van der Waals surface area contributed by atoms with E-state index in [2.05, 4.69) is 0 Å². The SMILES string of the molecule is OC(c1cccc2c1OCC2)C1CCCCC1C(F)(F)F. The highest BCUT2D eigenvalue weighted by atomic mass is 19.4. The van der Waals surface area contributed by atoms with E-state index in [1.165, 1.54) is 0 Å². The molecule has 2 aliphatic rings. The molecule has 3 atom stereocenters. The fourth-order valence-corrected chi connectivity index (χ4v) is 3.65. The zero-order chi connectivity index (χ0) is 15.0. The van der Waals surface area contributed by atoms with Gasteiger partial charge in [-0.3, -0.25) is 0 Å². The Morgan fingerprint density at radius 2 is 1.95 bits per heavy atom. The first-order chi connectivity index (χ1) is 9.98. The van der Waals surface area contributed by atoms with E-state index in [4.69, 9.17) is 4.74 Å². The highest BCUT2D eigenvalue weighted by Crippen LogP contribution is 2.48. The summed E-state index contributed by atoms with van der Waals surface area (Å²) in [7, 11) is 0. The fraction of sp³-hybridized carbons (Fsp3) is 0.625. The van der Waals surface area contributed by atoms with Crippen molar-refractivity contribution < 1.29 is 23.0 Å². The molecule has 21 heavy (non-hydrogen) atoms. The Morgan fingerprint density at radius 3 is 2.71 bits per heavy atom. The van der Waals surface area contributed by atoms with Crippen LogP contribution in [0.5, 0.6) is 5.75 Å². The summed E-state index contributed by atoms with van der Waals surface area (Å²) in [6.45, 7) is 0.534. The third kappa shape index (κ3) is 2.76.